The van der Waals surface area contributed by atoms with Crippen molar-refractivity contribution in [1.29, 1.82) is 0 Å². The average molecular weight is 235 g/mol. The number of carbonyl (C=O) groups is 1. The van der Waals surface area contributed by atoms with Crippen LogP contribution < -0.4 is 5.32 Å². The van der Waals surface area contributed by atoms with Crippen LogP contribution >= 0.6 is 0 Å². The topological polar surface area (TPSA) is 58.6 Å². The molecule has 0 aliphatic carbocycles. The second kappa shape index (κ2) is 5.80. The van der Waals surface area contributed by atoms with Crippen molar-refractivity contribution < 1.29 is 14.6 Å². The second-order valence-electron chi connectivity index (χ2n) is 4.26. The van der Waals surface area contributed by atoms with Crippen LogP contribution in [0.25, 0.3) is 0 Å². The quantitative estimate of drug-likeness (QED) is 0.757. The van der Waals surface area contributed by atoms with Gasteiger partial charge in [0.05, 0.1) is 12.0 Å². The number of rotatable bonds is 3. The minimum Gasteiger partial charge on any atom is -0.461 e. The van der Waals surface area contributed by atoms with Crippen LogP contribution in [0.4, 0.5) is 0 Å². The molecule has 4 heteroatoms. The third kappa shape index (κ3) is 3.28. The molecule has 17 heavy (non-hydrogen) atoms. The molecule has 1 aromatic rings. The van der Waals surface area contributed by atoms with Crippen molar-refractivity contribution in [3.8, 4) is 0 Å². The van der Waals surface area contributed by atoms with E-state index >= 15 is 0 Å². The predicted octanol–water partition coefficient (Wildman–Crippen LogP) is 0.700. The van der Waals surface area contributed by atoms with Crippen LogP contribution in [0, 0.1) is 5.92 Å². The largest absolute Gasteiger partial charge is 0.461 e. The van der Waals surface area contributed by atoms with E-state index in [-0.39, 0.29) is 18.5 Å². The van der Waals surface area contributed by atoms with Crippen molar-refractivity contribution in [3.63, 3.8) is 0 Å². The summed E-state index contributed by atoms with van der Waals surface area (Å²) in [6, 6.07) is 9.55. The second-order valence-corrected chi connectivity index (χ2v) is 4.26. The van der Waals surface area contributed by atoms with E-state index in [2.05, 4.69) is 5.32 Å². The molecule has 0 saturated carbocycles. The van der Waals surface area contributed by atoms with Gasteiger partial charge in [0.25, 0.3) is 0 Å². The van der Waals surface area contributed by atoms with Crippen LogP contribution in [0.5, 0.6) is 0 Å². The molecule has 1 saturated heterocycles. The SMILES string of the molecule is O=C(OCc1ccccc1)C1CCNCC1O. The van der Waals surface area contributed by atoms with Gasteiger partial charge in [-0.05, 0) is 18.5 Å². The number of aliphatic hydroxyl groups is 1. The minimum absolute atomic E-state index is 0.274. The summed E-state index contributed by atoms with van der Waals surface area (Å²) < 4.78 is 5.21. The lowest BCUT2D eigenvalue weighted by atomic mass is 9.95. The number of hydrogen-bond donors (Lipinski definition) is 2. The number of carbonyl (C=O) groups excluding carboxylic acids is 1. The summed E-state index contributed by atoms with van der Waals surface area (Å²) in [6.07, 6.45) is 0.00133. The van der Waals surface area contributed by atoms with Gasteiger partial charge in [-0.3, -0.25) is 4.79 Å². The summed E-state index contributed by atoms with van der Waals surface area (Å²) in [4.78, 5) is 11.8. The van der Waals surface area contributed by atoms with Gasteiger partial charge >= 0.3 is 5.97 Å². The number of piperidine rings is 1. The summed E-state index contributed by atoms with van der Waals surface area (Å²) in [5, 5.41) is 12.7. The number of aliphatic hydroxyl groups excluding tert-OH is 1. The first-order chi connectivity index (χ1) is 8.27. The third-order valence-electron chi connectivity index (χ3n) is 2.98. The highest BCUT2D eigenvalue weighted by Gasteiger charge is 2.30. The molecule has 2 rings (SSSR count). The van der Waals surface area contributed by atoms with Gasteiger partial charge in [-0.2, -0.15) is 0 Å². The van der Waals surface area contributed by atoms with Gasteiger partial charge in [0.1, 0.15) is 6.61 Å². The van der Waals surface area contributed by atoms with Crippen molar-refractivity contribution in [2.24, 2.45) is 5.92 Å². The van der Waals surface area contributed by atoms with E-state index in [1.807, 2.05) is 30.3 Å². The molecule has 0 radical (unpaired) electrons. The number of nitrogens with one attached hydrogen (secondary N) is 1. The predicted molar refractivity (Wildman–Crippen MR) is 63.2 cm³/mol. The molecule has 1 aliphatic heterocycles. The van der Waals surface area contributed by atoms with E-state index in [1.165, 1.54) is 0 Å². The van der Waals surface area contributed by atoms with Crippen LogP contribution in [0.1, 0.15) is 12.0 Å². The molecule has 2 atom stereocenters. The Kier molecular flexibility index (Phi) is 4.12. The van der Waals surface area contributed by atoms with Crippen LogP contribution in [-0.2, 0) is 16.1 Å². The average Bonchev–Trinajstić information content (AvgIpc) is 2.38. The summed E-state index contributed by atoms with van der Waals surface area (Å²) >= 11 is 0. The summed E-state index contributed by atoms with van der Waals surface area (Å²) in [5.41, 5.74) is 0.962. The number of ether oxygens (including phenoxy) is 1. The molecule has 1 aromatic carbocycles. The molecule has 0 spiro atoms. The smallest absolute Gasteiger partial charge is 0.312 e. The van der Waals surface area contributed by atoms with E-state index in [0.29, 0.717) is 13.0 Å². The van der Waals surface area contributed by atoms with Crippen molar-refractivity contribution in [2.45, 2.75) is 19.1 Å². The monoisotopic (exact) mass is 235 g/mol. The maximum absolute atomic E-state index is 11.8. The Balaban J connectivity index is 1.84. The van der Waals surface area contributed by atoms with Gasteiger partial charge in [0.2, 0.25) is 0 Å². The molecule has 1 aliphatic rings. The van der Waals surface area contributed by atoms with Gasteiger partial charge in [0, 0.05) is 6.54 Å². The minimum atomic E-state index is -0.632. The highest BCUT2D eigenvalue weighted by atomic mass is 16.5. The fourth-order valence-electron chi connectivity index (χ4n) is 1.95. The van der Waals surface area contributed by atoms with Gasteiger partial charge in [0.15, 0.2) is 0 Å². The van der Waals surface area contributed by atoms with Crippen LogP contribution in [-0.4, -0.2) is 30.3 Å². The molecule has 1 heterocycles. The van der Waals surface area contributed by atoms with Crippen LogP contribution in [0.15, 0.2) is 30.3 Å². The highest BCUT2D eigenvalue weighted by Crippen LogP contribution is 2.15. The molecule has 4 nitrogen and oxygen atoms in total. The van der Waals surface area contributed by atoms with E-state index in [1.54, 1.807) is 0 Å². The number of esters is 1. The molecule has 0 amide bonds. The molecule has 1 fully saturated rings. The lowest BCUT2D eigenvalue weighted by Crippen LogP contribution is -2.44. The van der Waals surface area contributed by atoms with Gasteiger partial charge in [-0.15, -0.1) is 0 Å². The molecule has 0 aromatic heterocycles. The summed E-state index contributed by atoms with van der Waals surface area (Å²) in [5.74, 6) is -0.692. The van der Waals surface area contributed by atoms with Gasteiger partial charge in [-0.1, -0.05) is 30.3 Å². The van der Waals surface area contributed by atoms with Crippen molar-refractivity contribution in [2.75, 3.05) is 13.1 Å². The first-order valence-electron chi connectivity index (χ1n) is 5.86. The van der Waals surface area contributed by atoms with E-state index in [9.17, 15) is 9.90 Å². The molecule has 2 unspecified atom stereocenters. The lowest BCUT2D eigenvalue weighted by molar-refractivity contribution is -0.155. The van der Waals surface area contributed by atoms with E-state index in [4.69, 9.17) is 4.74 Å². The Morgan fingerprint density at radius 2 is 2.18 bits per heavy atom. The fraction of sp³-hybridized carbons (Fsp3) is 0.462. The maximum atomic E-state index is 11.8. The molecule has 92 valence electrons. The van der Waals surface area contributed by atoms with Crippen molar-refractivity contribution in [3.05, 3.63) is 35.9 Å². The number of β-amino-alcohol motifs (C(OH)–C–C–N with tert-alkyl or cyclic N) is 1. The Labute approximate surface area is 101 Å². The van der Waals surface area contributed by atoms with Gasteiger partial charge < -0.3 is 15.2 Å². The first-order valence-corrected chi connectivity index (χ1v) is 5.86. The van der Waals surface area contributed by atoms with E-state index < -0.39 is 6.10 Å². The maximum Gasteiger partial charge on any atom is 0.312 e. The van der Waals surface area contributed by atoms with Crippen molar-refractivity contribution in [1.82, 2.24) is 5.32 Å². The molecular weight excluding hydrogens is 218 g/mol. The third-order valence-corrected chi connectivity index (χ3v) is 2.98. The zero-order chi connectivity index (χ0) is 12.1. The van der Waals surface area contributed by atoms with Crippen molar-refractivity contribution >= 4 is 5.97 Å². The first kappa shape index (κ1) is 12.1. The number of hydrogen-bond acceptors (Lipinski definition) is 4. The number of benzene rings is 1. The zero-order valence-electron chi connectivity index (χ0n) is 9.63. The normalized spacial score (nSPS) is 24.3. The van der Waals surface area contributed by atoms with Gasteiger partial charge in [-0.25, -0.2) is 0 Å². The Bertz CT molecular complexity index is 366. The zero-order valence-corrected chi connectivity index (χ0v) is 9.63. The van der Waals surface area contributed by atoms with E-state index in [0.717, 1.165) is 12.1 Å². The summed E-state index contributed by atoms with van der Waals surface area (Å²) in [7, 11) is 0. The Morgan fingerprint density at radius 3 is 2.88 bits per heavy atom. The Hall–Kier alpha value is -1.39. The molecule has 0 bridgehead atoms. The standard InChI is InChI=1S/C13H17NO3/c15-12-8-14-7-6-11(12)13(16)17-9-10-4-2-1-3-5-10/h1-5,11-12,14-15H,6-9H2. The molecule has 2 N–H and O–H groups in total. The Morgan fingerprint density at radius 1 is 1.41 bits per heavy atom. The summed E-state index contributed by atoms with van der Waals surface area (Å²) in [6.45, 7) is 1.49. The highest BCUT2D eigenvalue weighted by molar-refractivity contribution is 5.73. The molecular formula is C13H17NO3. The van der Waals surface area contributed by atoms with Crippen LogP contribution in [0.2, 0.25) is 0 Å². The fourth-order valence-corrected chi connectivity index (χ4v) is 1.95. The lowest BCUT2D eigenvalue weighted by Gasteiger charge is -2.26. The van der Waals surface area contributed by atoms with Crippen LogP contribution in [0.3, 0.4) is 0 Å².